The van der Waals surface area contributed by atoms with Gasteiger partial charge in [0.15, 0.2) is 5.75 Å². The summed E-state index contributed by atoms with van der Waals surface area (Å²) in [6.07, 6.45) is 3.19. The van der Waals surface area contributed by atoms with E-state index in [0.29, 0.717) is 28.3 Å². The molecular formula is C14H23N3O2S. The van der Waals surface area contributed by atoms with Crippen LogP contribution in [0, 0.1) is 5.92 Å². The number of nitrogens with one attached hydrogen (secondary N) is 2. The Kier molecular flexibility index (Phi) is 4.75. The third-order valence-corrected chi connectivity index (χ3v) is 4.37. The molecule has 1 saturated carbocycles. The first kappa shape index (κ1) is 15.0. The molecule has 1 fully saturated rings. The lowest BCUT2D eigenvalue weighted by atomic mass is 10.1. The van der Waals surface area contributed by atoms with Gasteiger partial charge in [0, 0.05) is 12.6 Å². The van der Waals surface area contributed by atoms with Gasteiger partial charge >= 0.3 is 0 Å². The van der Waals surface area contributed by atoms with Gasteiger partial charge in [0.05, 0.1) is 7.11 Å². The van der Waals surface area contributed by atoms with Gasteiger partial charge in [-0.25, -0.2) is 0 Å². The predicted molar refractivity (Wildman–Crippen MR) is 83.7 cm³/mol. The second kappa shape index (κ2) is 6.35. The number of hydrogen-bond donors (Lipinski definition) is 3. The highest BCUT2D eigenvalue weighted by Gasteiger charge is 2.27. The number of thiophene rings is 1. The summed E-state index contributed by atoms with van der Waals surface area (Å²) in [6.45, 7) is 5.20. The lowest BCUT2D eigenvalue weighted by molar-refractivity contribution is 0.0956. The summed E-state index contributed by atoms with van der Waals surface area (Å²) >= 11 is 1.37. The van der Waals surface area contributed by atoms with Crippen molar-refractivity contribution in [1.82, 2.24) is 5.32 Å². The van der Waals surface area contributed by atoms with Crippen molar-refractivity contribution in [2.75, 3.05) is 24.7 Å². The fourth-order valence-corrected chi connectivity index (χ4v) is 2.89. The average Bonchev–Trinajstić information content (AvgIpc) is 3.13. The SMILES string of the molecule is COc1c(NCCC(C)C)sc(C(=O)NC2CC2)c1N. The Balaban J connectivity index is 2.08. The van der Waals surface area contributed by atoms with E-state index in [2.05, 4.69) is 24.5 Å². The molecule has 1 aliphatic rings. The van der Waals surface area contributed by atoms with Crippen LogP contribution in [-0.2, 0) is 0 Å². The minimum Gasteiger partial charge on any atom is -0.492 e. The normalized spacial score (nSPS) is 14.4. The van der Waals surface area contributed by atoms with E-state index in [1.807, 2.05) is 0 Å². The first-order chi connectivity index (χ1) is 9.52. The number of ether oxygens (including phenoxy) is 1. The number of nitrogen functional groups attached to an aromatic ring is 1. The molecule has 0 radical (unpaired) electrons. The predicted octanol–water partition coefficient (Wildman–Crippen LogP) is 2.69. The highest BCUT2D eigenvalue weighted by atomic mass is 32.1. The van der Waals surface area contributed by atoms with Crippen molar-refractivity contribution < 1.29 is 9.53 Å². The van der Waals surface area contributed by atoms with Gasteiger partial charge in [-0.2, -0.15) is 0 Å². The maximum atomic E-state index is 12.1. The lowest BCUT2D eigenvalue weighted by Gasteiger charge is -2.08. The van der Waals surface area contributed by atoms with E-state index in [4.69, 9.17) is 10.5 Å². The standard InChI is InChI=1S/C14H23N3O2S/c1-8(2)6-7-16-14-11(19-3)10(15)12(20-14)13(18)17-9-4-5-9/h8-9,16H,4-7,15H2,1-3H3,(H,17,18). The summed E-state index contributed by atoms with van der Waals surface area (Å²) in [6, 6.07) is 0.326. The summed E-state index contributed by atoms with van der Waals surface area (Å²) in [4.78, 5) is 12.7. The Morgan fingerprint density at radius 2 is 2.20 bits per heavy atom. The van der Waals surface area contributed by atoms with Gasteiger partial charge in [-0.1, -0.05) is 13.8 Å². The first-order valence-electron chi connectivity index (χ1n) is 7.04. The molecule has 6 heteroatoms. The molecule has 0 unspecified atom stereocenters. The number of rotatable bonds is 7. The molecule has 0 atom stereocenters. The summed E-state index contributed by atoms with van der Waals surface area (Å²) in [5.74, 6) is 1.12. The molecule has 5 nitrogen and oxygen atoms in total. The van der Waals surface area contributed by atoms with Crippen LogP contribution in [-0.4, -0.2) is 25.6 Å². The van der Waals surface area contributed by atoms with Crippen molar-refractivity contribution in [3.8, 4) is 5.75 Å². The molecule has 112 valence electrons. The summed E-state index contributed by atoms with van der Waals surface area (Å²) in [5.41, 5.74) is 6.46. The summed E-state index contributed by atoms with van der Waals surface area (Å²) in [5, 5.41) is 7.11. The van der Waals surface area contributed by atoms with Crippen molar-refractivity contribution in [3.05, 3.63) is 4.88 Å². The number of anilines is 2. The van der Waals surface area contributed by atoms with Crippen molar-refractivity contribution in [3.63, 3.8) is 0 Å². The molecule has 0 aliphatic heterocycles. The molecule has 20 heavy (non-hydrogen) atoms. The number of amides is 1. The van der Waals surface area contributed by atoms with Crippen molar-refractivity contribution in [2.24, 2.45) is 5.92 Å². The van der Waals surface area contributed by atoms with E-state index >= 15 is 0 Å². The van der Waals surface area contributed by atoms with Crippen LogP contribution in [0.1, 0.15) is 42.8 Å². The van der Waals surface area contributed by atoms with Gasteiger partial charge in [0.2, 0.25) is 0 Å². The molecule has 0 saturated heterocycles. The molecule has 1 aliphatic carbocycles. The van der Waals surface area contributed by atoms with Crippen LogP contribution in [0.2, 0.25) is 0 Å². The van der Waals surface area contributed by atoms with Crippen LogP contribution in [0.25, 0.3) is 0 Å². The fraction of sp³-hybridized carbons (Fsp3) is 0.643. The third kappa shape index (κ3) is 3.56. The van der Waals surface area contributed by atoms with Crippen molar-refractivity contribution in [2.45, 2.75) is 39.2 Å². The van der Waals surface area contributed by atoms with Crippen LogP contribution in [0.5, 0.6) is 5.75 Å². The van der Waals surface area contributed by atoms with Crippen LogP contribution >= 0.6 is 11.3 Å². The van der Waals surface area contributed by atoms with Gasteiger partial charge in [0.1, 0.15) is 15.6 Å². The third-order valence-electron chi connectivity index (χ3n) is 3.23. The molecule has 1 heterocycles. The largest absolute Gasteiger partial charge is 0.492 e. The molecule has 0 bridgehead atoms. The zero-order valence-electron chi connectivity index (χ0n) is 12.3. The molecule has 1 aromatic heterocycles. The van der Waals surface area contributed by atoms with Crippen molar-refractivity contribution in [1.29, 1.82) is 0 Å². The topological polar surface area (TPSA) is 76.4 Å². The Labute approximate surface area is 123 Å². The maximum absolute atomic E-state index is 12.1. The van der Waals surface area contributed by atoms with Gasteiger partial charge in [-0.15, -0.1) is 11.3 Å². The van der Waals surface area contributed by atoms with E-state index in [1.54, 1.807) is 7.11 Å². The van der Waals surface area contributed by atoms with Gasteiger partial charge in [-0.3, -0.25) is 4.79 Å². The Bertz CT molecular complexity index is 481. The van der Waals surface area contributed by atoms with E-state index < -0.39 is 0 Å². The van der Waals surface area contributed by atoms with E-state index in [1.165, 1.54) is 11.3 Å². The molecule has 0 aromatic carbocycles. The molecular weight excluding hydrogens is 274 g/mol. The van der Waals surface area contributed by atoms with Gasteiger partial charge in [0.25, 0.3) is 5.91 Å². The quantitative estimate of drug-likeness (QED) is 0.723. The second-order valence-electron chi connectivity index (χ2n) is 5.56. The molecule has 1 aromatic rings. The van der Waals surface area contributed by atoms with E-state index in [-0.39, 0.29) is 5.91 Å². The number of nitrogens with two attached hydrogens (primary N) is 1. The van der Waals surface area contributed by atoms with Crippen LogP contribution < -0.4 is 21.1 Å². The number of methoxy groups -OCH3 is 1. The Morgan fingerprint density at radius 1 is 1.50 bits per heavy atom. The lowest BCUT2D eigenvalue weighted by Crippen LogP contribution is -2.25. The molecule has 0 spiro atoms. The first-order valence-corrected chi connectivity index (χ1v) is 7.85. The molecule has 1 amide bonds. The van der Waals surface area contributed by atoms with E-state index in [0.717, 1.165) is 30.8 Å². The van der Waals surface area contributed by atoms with Crippen molar-refractivity contribution >= 4 is 27.9 Å². The highest BCUT2D eigenvalue weighted by molar-refractivity contribution is 7.19. The number of carbonyl (C=O) groups is 1. The highest BCUT2D eigenvalue weighted by Crippen LogP contribution is 2.42. The van der Waals surface area contributed by atoms with E-state index in [9.17, 15) is 4.79 Å². The molecule has 2 rings (SSSR count). The fourth-order valence-electron chi connectivity index (χ4n) is 1.87. The monoisotopic (exact) mass is 297 g/mol. The zero-order chi connectivity index (χ0) is 14.7. The average molecular weight is 297 g/mol. The number of hydrogen-bond acceptors (Lipinski definition) is 5. The number of carbonyl (C=O) groups excluding carboxylic acids is 1. The summed E-state index contributed by atoms with van der Waals surface area (Å²) < 4.78 is 5.33. The van der Waals surface area contributed by atoms with Crippen LogP contribution in [0.4, 0.5) is 10.7 Å². The molecule has 4 N–H and O–H groups in total. The zero-order valence-corrected chi connectivity index (χ0v) is 13.1. The Morgan fingerprint density at radius 3 is 2.75 bits per heavy atom. The Hall–Kier alpha value is -1.43. The second-order valence-corrected chi connectivity index (χ2v) is 6.58. The smallest absolute Gasteiger partial charge is 0.263 e. The van der Waals surface area contributed by atoms with Gasteiger partial charge < -0.3 is 21.1 Å². The minimum atomic E-state index is -0.0924. The van der Waals surface area contributed by atoms with Gasteiger partial charge in [-0.05, 0) is 25.2 Å². The maximum Gasteiger partial charge on any atom is 0.263 e. The van der Waals surface area contributed by atoms with Crippen LogP contribution in [0.3, 0.4) is 0 Å². The van der Waals surface area contributed by atoms with Crippen LogP contribution in [0.15, 0.2) is 0 Å². The minimum absolute atomic E-state index is 0.0924. The summed E-state index contributed by atoms with van der Waals surface area (Å²) in [7, 11) is 1.58.